The number of methoxy groups -OCH3 is 2. The highest BCUT2D eigenvalue weighted by atomic mass is 19.1. The molecule has 87 heavy (non-hydrogen) atoms. The van der Waals surface area contributed by atoms with Crippen LogP contribution in [-0.2, 0) is 40.3 Å². The minimum Gasteiger partial charge on any atom is -0.496 e. The monoisotopic (exact) mass is 1170 g/mol. The van der Waals surface area contributed by atoms with Gasteiger partial charge in [0.1, 0.15) is 28.8 Å². The first-order valence-electron chi connectivity index (χ1n) is 29.8. The Morgan fingerprint density at radius 2 is 1.54 bits per heavy atom. The highest BCUT2D eigenvalue weighted by Gasteiger charge is 2.36. The first-order valence-corrected chi connectivity index (χ1v) is 29.8. The highest BCUT2D eigenvalue weighted by molar-refractivity contribution is 6.06. The summed E-state index contributed by atoms with van der Waals surface area (Å²) < 4.78 is 37.5. The number of para-hydroxylation sites is 1. The van der Waals surface area contributed by atoms with Crippen LogP contribution in [0.2, 0.25) is 0 Å². The Labute approximate surface area is 504 Å². The van der Waals surface area contributed by atoms with Crippen molar-refractivity contribution < 1.29 is 42.3 Å². The standard InChI is InChI=1S/C68H71FN10O8/c1-70-35-44-27-43(36-77(37-44)66(82)57-34-55-53(51-16-8-9-17-59(51)85-4)33-52(63(69)64(55)72-57)48-15-11-22-75(40-48)62(81)20-24-79-25-21-71-73-79)26-42-18-19-60(86-5)54(28-42)56-30-49(29-50-32-61(87-65(50)56)68(84)74(2)3)47-14-10-23-76(38-47)67(83)58-31-45-12-6-7-13-46(45)39-78(58)41-80/h6-9,12-19,21,25,28-30,32-34,41,43-44,58,70,72H,10-11,20,22-24,26-27,31,35-40H2,1-5H3/t43?,44?,58-/m0/s1. The van der Waals surface area contributed by atoms with Gasteiger partial charge in [0.15, 0.2) is 11.6 Å². The van der Waals surface area contributed by atoms with Gasteiger partial charge < -0.3 is 48.7 Å². The molecule has 12 rings (SSSR count). The zero-order valence-electron chi connectivity index (χ0n) is 49.7. The summed E-state index contributed by atoms with van der Waals surface area (Å²) in [5, 5.41) is 12.4. The van der Waals surface area contributed by atoms with E-state index in [1.165, 1.54) is 4.90 Å². The topological polar surface area (TPSA) is 192 Å². The molecular formula is C68H71FN10O8. The number of H-pyrrole nitrogens is 1. The molecule has 0 bridgehead atoms. The quantitative estimate of drug-likeness (QED) is 0.0827. The number of aromatic nitrogens is 4. The van der Waals surface area contributed by atoms with E-state index in [4.69, 9.17) is 13.9 Å². The molecule has 3 aromatic heterocycles. The molecule has 4 aliphatic rings. The molecule has 5 aromatic carbocycles. The van der Waals surface area contributed by atoms with E-state index in [2.05, 4.69) is 32.8 Å². The molecule has 448 valence electrons. The van der Waals surface area contributed by atoms with Gasteiger partial charge in [-0.05, 0) is 139 Å². The lowest BCUT2D eigenvalue weighted by atomic mass is 9.84. The fourth-order valence-corrected chi connectivity index (χ4v) is 13.3. The number of piperidine rings is 1. The van der Waals surface area contributed by atoms with Crippen molar-refractivity contribution in [2.45, 2.75) is 57.7 Å². The number of amides is 5. The van der Waals surface area contributed by atoms with Gasteiger partial charge in [0.25, 0.3) is 11.8 Å². The maximum atomic E-state index is 17.4. The SMILES string of the molecule is CNCC1CC(Cc2ccc(OC)c(-c3cc(C4=CCCN(C(=O)[C@@H]5Cc6ccccc6CN5C=O)C4)cc4cc(C(=O)N(C)C)oc34)c2)CN(C(=O)c2cc3c(-c4ccccc4OC)cc(C4=CCCN(C(=O)CCn5ccnn5)C4)c(F)c3[nH]2)C1. The van der Waals surface area contributed by atoms with Gasteiger partial charge in [-0.3, -0.25) is 28.7 Å². The molecule has 3 atom stereocenters. The predicted octanol–water partition coefficient (Wildman–Crippen LogP) is 9.14. The first kappa shape index (κ1) is 58.0. The number of rotatable bonds is 17. The number of benzene rings is 5. The minimum absolute atomic E-state index is 0.0160. The molecule has 2 N–H and O–H groups in total. The number of nitrogens with one attached hydrogen (secondary N) is 2. The van der Waals surface area contributed by atoms with Gasteiger partial charge in [-0.25, -0.2) is 4.39 Å². The summed E-state index contributed by atoms with van der Waals surface area (Å²) in [5.41, 5.74) is 9.73. The molecular weight excluding hydrogens is 1100 g/mol. The van der Waals surface area contributed by atoms with E-state index in [1.807, 2.05) is 102 Å². The van der Waals surface area contributed by atoms with Gasteiger partial charge in [0.2, 0.25) is 18.2 Å². The molecule has 7 heterocycles. The molecule has 19 heteroatoms. The summed E-state index contributed by atoms with van der Waals surface area (Å²) in [6, 6.07) is 30.4. The van der Waals surface area contributed by atoms with Crippen LogP contribution in [-0.4, -0.2) is 162 Å². The van der Waals surface area contributed by atoms with Crippen molar-refractivity contribution in [2.24, 2.45) is 11.8 Å². The number of carbonyl (C=O) groups excluding carboxylic acids is 5. The molecule has 1 saturated heterocycles. The Kier molecular flexibility index (Phi) is 16.6. The lowest BCUT2D eigenvalue weighted by Crippen LogP contribution is -2.52. The predicted molar refractivity (Wildman–Crippen MR) is 330 cm³/mol. The Bertz CT molecular complexity index is 4010. The molecule has 4 aliphatic heterocycles. The van der Waals surface area contributed by atoms with Crippen molar-refractivity contribution >= 4 is 63.1 Å². The summed E-state index contributed by atoms with van der Waals surface area (Å²) in [6.07, 6.45) is 11.5. The second-order valence-electron chi connectivity index (χ2n) is 23.5. The van der Waals surface area contributed by atoms with Crippen molar-refractivity contribution in [1.82, 2.24) is 49.8 Å². The average molecular weight is 1180 g/mol. The first-order chi connectivity index (χ1) is 42.3. The maximum absolute atomic E-state index is 17.4. The number of likely N-dealkylation sites (tertiary alicyclic amines) is 1. The highest BCUT2D eigenvalue weighted by Crippen LogP contribution is 2.43. The Morgan fingerprint density at radius 3 is 2.31 bits per heavy atom. The van der Waals surface area contributed by atoms with Crippen LogP contribution >= 0.6 is 0 Å². The molecule has 0 saturated carbocycles. The van der Waals surface area contributed by atoms with Crippen molar-refractivity contribution in [3.8, 4) is 33.8 Å². The largest absolute Gasteiger partial charge is 0.496 e. The zero-order valence-corrected chi connectivity index (χ0v) is 49.7. The lowest BCUT2D eigenvalue weighted by molar-refractivity contribution is -0.141. The third-order valence-corrected chi connectivity index (χ3v) is 17.6. The fourth-order valence-electron chi connectivity index (χ4n) is 13.3. The third kappa shape index (κ3) is 11.7. The normalized spacial score (nSPS) is 17.9. The zero-order chi connectivity index (χ0) is 60.5. The number of aryl methyl sites for hydroxylation is 1. The average Bonchev–Trinajstić information content (AvgIpc) is 2.33. The molecule has 0 radical (unpaired) electrons. The van der Waals surface area contributed by atoms with Crippen LogP contribution in [0.25, 0.3) is 55.3 Å². The molecule has 18 nitrogen and oxygen atoms in total. The molecule has 5 amide bonds. The number of nitrogens with zero attached hydrogens (tertiary/aromatic N) is 8. The Morgan fingerprint density at radius 1 is 0.793 bits per heavy atom. The van der Waals surface area contributed by atoms with Gasteiger partial charge in [-0.2, -0.15) is 0 Å². The van der Waals surface area contributed by atoms with Crippen molar-refractivity contribution in [1.29, 1.82) is 0 Å². The maximum Gasteiger partial charge on any atom is 0.289 e. The number of carbonyl (C=O) groups is 5. The lowest BCUT2D eigenvalue weighted by Gasteiger charge is -2.38. The van der Waals surface area contributed by atoms with Gasteiger partial charge in [0, 0.05) is 112 Å². The second-order valence-corrected chi connectivity index (χ2v) is 23.5. The number of hydrogen-bond acceptors (Lipinski definition) is 11. The van der Waals surface area contributed by atoms with E-state index >= 15 is 9.18 Å². The number of halogens is 1. The molecule has 1 fully saturated rings. The summed E-state index contributed by atoms with van der Waals surface area (Å²) in [4.78, 5) is 80.9. The second kappa shape index (κ2) is 24.9. The molecule has 0 spiro atoms. The van der Waals surface area contributed by atoms with Crippen LogP contribution in [0.3, 0.4) is 0 Å². The van der Waals surface area contributed by atoms with E-state index in [9.17, 15) is 19.2 Å². The Hall–Kier alpha value is -9.36. The summed E-state index contributed by atoms with van der Waals surface area (Å²) in [5.74, 6) is 0.264. The van der Waals surface area contributed by atoms with Crippen molar-refractivity contribution in [3.63, 3.8) is 0 Å². The van der Waals surface area contributed by atoms with E-state index in [1.54, 1.807) is 67.3 Å². The van der Waals surface area contributed by atoms with E-state index in [0.29, 0.717) is 128 Å². The minimum atomic E-state index is -0.621. The molecule has 8 aromatic rings. The molecule has 0 aliphatic carbocycles. The summed E-state index contributed by atoms with van der Waals surface area (Å²) in [6.45, 7) is 3.90. The van der Waals surface area contributed by atoms with E-state index < -0.39 is 11.9 Å². The number of ether oxygens (including phenoxy) is 2. The molecule has 2 unspecified atom stereocenters. The third-order valence-electron chi connectivity index (χ3n) is 17.6. The fraction of sp³-hybridized carbons (Fsp3) is 0.338. The Balaban J connectivity index is 0.841. The summed E-state index contributed by atoms with van der Waals surface area (Å²) in [7, 11) is 8.49. The number of hydrogen-bond donors (Lipinski definition) is 2. The van der Waals surface area contributed by atoms with Crippen molar-refractivity contribution in [2.75, 3.05) is 81.2 Å². The van der Waals surface area contributed by atoms with Crippen LogP contribution in [0.5, 0.6) is 11.5 Å². The van der Waals surface area contributed by atoms with Crippen molar-refractivity contribution in [3.05, 3.63) is 167 Å². The smallest absolute Gasteiger partial charge is 0.289 e. The number of fused-ring (bicyclic) bond motifs is 3. The van der Waals surface area contributed by atoms with Crippen LogP contribution < -0.4 is 14.8 Å². The van der Waals surface area contributed by atoms with Crippen LogP contribution in [0, 0.1) is 17.7 Å². The summed E-state index contributed by atoms with van der Waals surface area (Å²) >= 11 is 0. The van der Waals surface area contributed by atoms with Gasteiger partial charge in [-0.15, -0.1) is 5.10 Å². The van der Waals surface area contributed by atoms with Gasteiger partial charge in [0.05, 0.1) is 32.5 Å². The van der Waals surface area contributed by atoms with Gasteiger partial charge >= 0.3 is 0 Å². The van der Waals surface area contributed by atoms with E-state index in [0.717, 1.165) is 51.8 Å². The van der Waals surface area contributed by atoms with Crippen LogP contribution in [0.1, 0.15) is 74.5 Å². The number of aromatic amines is 1. The van der Waals surface area contributed by atoms with Crippen LogP contribution in [0.15, 0.2) is 126 Å². The van der Waals surface area contributed by atoms with Crippen LogP contribution in [0.4, 0.5) is 4.39 Å². The van der Waals surface area contributed by atoms with E-state index in [-0.39, 0.29) is 65.4 Å². The number of furan rings is 1. The van der Waals surface area contributed by atoms with Gasteiger partial charge in [-0.1, -0.05) is 65.9 Å².